The van der Waals surface area contributed by atoms with Crippen molar-refractivity contribution in [3.8, 4) is 0 Å². The van der Waals surface area contributed by atoms with Crippen LogP contribution in [0.4, 0.5) is 0 Å². The summed E-state index contributed by atoms with van der Waals surface area (Å²) in [7, 11) is 0. The van der Waals surface area contributed by atoms with Gasteiger partial charge in [-0.05, 0) is 39.0 Å². The van der Waals surface area contributed by atoms with Crippen molar-refractivity contribution in [2.75, 3.05) is 6.54 Å². The second kappa shape index (κ2) is 6.92. The molecule has 1 unspecified atom stereocenters. The van der Waals surface area contributed by atoms with E-state index in [2.05, 4.69) is 5.32 Å². The molecule has 1 saturated carbocycles. The minimum Gasteiger partial charge on any atom is -0.345 e. The maximum Gasteiger partial charge on any atom is 0.312 e. The zero-order valence-electron chi connectivity index (χ0n) is 12.0. The van der Waals surface area contributed by atoms with E-state index < -0.39 is 0 Å². The molecule has 1 aliphatic carbocycles. The first kappa shape index (κ1) is 14.4. The fraction of sp³-hybridized carbons (Fsp3) is 0.867. The zero-order valence-corrected chi connectivity index (χ0v) is 12.0. The molecule has 0 spiro atoms. The molecule has 0 aromatic heterocycles. The van der Waals surface area contributed by atoms with E-state index in [0.717, 1.165) is 38.6 Å². The maximum absolute atomic E-state index is 12.2. The Bertz CT molecular complexity index is 322. The van der Waals surface area contributed by atoms with Gasteiger partial charge in [0.15, 0.2) is 0 Å². The number of nitrogens with one attached hydrogen (secondary N) is 1. The molecule has 1 heterocycles. The van der Waals surface area contributed by atoms with Crippen LogP contribution in [0.2, 0.25) is 0 Å². The monoisotopic (exact) mass is 266 g/mol. The molecule has 0 bridgehead atoms. The predicted octanol–water partition coefficient (Wildman–Crippen LogP) is 2.23. The largest absolute Gasteiger partial charge is 0.345 e. The molecule has 108 valence electrons. The van der Waals surface area contributed by atoms with Gasteiger partial charge in [0, 0.05) is 18.6 Å². The summed E-state index contributed by atoms with van der Waals surface area (Å²) in [6, 6.07) is 0.417. The Labute approximate surface area is 115 Å². The van der Waals surface area contributed by atoms with Crippen LogP contribution in [0.5, 0.6) is 0 Å². The lowest BCUT2D eigenvalue weighted by molar-refractivity contribution is -0.148. The summed E-state index contributed by atoms with van der Waals surface area (Å²) in [5.41, 5.74) is 0. The third kappa shape index (κ3) is 3.95. The van der Waals surface area contributed by atoms with Gasteiger partial charge in [0.1, 0.15) is 0 Å². The highest BCUT2D eigenvalue weighted by molar-refractivity contribution is 6.35. The van der Waals surface area contributed by atoms with Gasteiger partial charge >= 0.3 is 11.8 Å². The lowest BCUT2D eigenvalue weighted by Gasteiger charge is -2.33. The van der Waals surface area contributed by atoms with Gasteiger partial charge in [-0.2, -0.15) is 0 Å². The third-order valence-electron chi connectivity index (χ3n) is 4.45. The van der Waals surface area contributed by atoms with Crippen LogP contribution in [0.25, 0.3) is 0 Å². The van der Waals surface area contributed by atoms with Crippen molar-refractivity contribution in [1.82, 2.24) is 10.2 Å². The van der Waals surface area contributed by atoms with Gasteiger partial charge < -0.3 is 10.2 Å². The Morgan fingerprint density at radius 2 is 1.58 bits per heavy atom. The van der Waals surface area contributed by atoms with Gasteiger partial charge in [-0.15, -0.1) is 0 Å². The molecule has 1 aliphatic heterocycles. The van der Waals surface area contributed by atoms with Crippen LogP contribution in [0.3, 0.4) is 0 Å². The molecule has 2 amide bonds. The Kier molecular flexibility index (Phi) is 5.23. The predicted molar refractivity (Wildman–Crippen MR) is 74.7 cm³/mol. The van der Waals surface area contributed by atoms with Crippen LogP contribution in [0, 0.1) is 0 Å². The number of nitrogens with zero attached hydrogens (tertiary/aromatic N) is 1. The van der Waals surface area contributed by atoms with Crippen LogP contribution < -0.4 is 5.32 Å². The minimum absolute atomic E-state index is 0.207. The average Bonchev–Trinajstić information content (AvgIpc) is 2.67. The van der Waals surface area contributed by atoms with Crippen LogP contribution in [-0.4, -0.2) is 35.3 Å². The molecule has 0 aromatic rings. The highest BCUT2D eigenvalue weighted by Gasteiger charge is 2.29. The van der Waals surface area contributed by atoms with Gasteiger partial charge in [0.25, 0.3) is 0 Å². The normalized spacial score (nSPS) is 25.7. The van der Waals surface area contributed by atoms with E-state index in [1.54, 1.807) is 4.90 Å². The molecule has 0 aromatic carbocycles. The lowest BCUT2D eigenvalue weighted by Crippen LogP contribution is -2.50. The van der Waals surface area contributed by atoms with E-state index >= 15 is 0 Å². The van der Waals surface area contributed by atoms with Crippen molar-refractivity contribution >= 4 is 11.8 Å². The van der Waals surface area contributed by atoms with E-state index in [9.17, 15) is 9.59 Å². The first-order valence-corrected chi connectivity index (χ1v) is 7.80. The van der Waals surface area contributed by atoms with Gasteiger partial charge in [-0.1, -0.05) is 25.7 Å². The molecular formula is C15H26N2O2. The molecular weight excluding hydrogens is 240 g/mol. The summed E-state index contributed by atoms with van der Waals surface area (Å²) in [4.78, 5) is 26.0. The summed E-state index contributed by atoms with van der Waals surface area (Å²) < 4.78 is 0. The Hall–Kier alpha value is -1.06. The molecule has 1 atom stereocenters. The third-order valence-corrected chi connectivity index (χ3v) is 4.45. The number of amides is 2. The van der Waals surface area contributed by atoms with Crippen LogP contribution in [0.1, 0.15) is 64.7 Å². The molecule has 2 fully saturated rings. The Balaban J connectivity index is 1.85. The van der Waals surface area contributed by atoms with Crippen molar-refractivity contribution in [3.05, 3.63) is 0 Å². The summed E-state index contributed by atoms with van der Waals surface area (Å²) in [5, 5.41) is 2.95. The number of piperidine rings is 1. The summed E-state index contributed by atoms with van der Waals surface area (Å²) in [6.45, 7) is 2.77. The summed E-state index contributed by atoms with van der Waals surface area (Å²) >= 11 is 0. The van der Waals surface area contributed by atoms with E-state index in [4.69, 9.17) is 0 Å². The molecule has 1 saturated heterocycles. The quantitative estimate of drug-likeness (QED) is 0.584. The van der Waals surface area contributed by atoms with Crippen molar-refractivity contribution in [1.29, 1.82) is 0 Å². The van der Waals surface area contributed by atoms with Crippen LogP contribution >= 0.6 is 0 Å². The molecule has 2 rings (SSSR count). The highest BCUT2D eigenvalue weighted by Crippen LogP contribution is 2.18. The van der Waals surface area contributed by atoms with E-state index in [-0.39, 0.29) is 23.9 Å². The zero-order chi connectivity index (χ0) is 13.7. The summed E-state index contributed by atoms with van der Waals surface area (Å²) in [5.74, 6) is -0.711. The number of rotatable bonds is 1. The Morgan fingerprint density at radius 3 is 2.21 bits per heavy atom. The first-order chi connectivity index (χ1) is 9.18. The van der Waals surface area contributed by atoms with Crippen LogP contribution in [-0.2, 0) is 9.59 Å². The van der Waals surface area contributed by atoms with Crippen molar-refractivity contribution in [2.24, 2.45) is 0 Å². The fourth-order valence-corrected chi connectivity index (χ4v) is 3.20. The van der Waals surface area contributed by atoms with E-state index in [1.807, 2.05) is 6.92 Å². The fourth-order valence-electron chi connectivity index (χ4n) is 3.20. The highest BCUT2D eigenvalue weighted by atomic mass is 16.2. The van der Waals surface area contributed by atoms with E-state index in [1.165, 1.54) is 25.7 Å². The molecule has 2 aliphatic rings. The van der Waals surface area contributed by atoms with Gasteiger partial charge in [-0.3, -0.25) is 9.59 Å². The minimum atomic E-state index is -0.388. The van der Waals surface area contributed by atoms with E-state index in [0.29, 0.717) is 0 Å². The standard InChI is InChI=1S/C15H26N2O2/c1-12-8-6-7-11-17(12)15(19)14(18)16-13-9-4-2-3-5-10-13/h12-13H,2-11H2,1H3,(H,16,18). The number of hydrogen-bond donors (Lipinski definition) is 1. The lowest BCUT2D eigenvalue weighted by atomic mass is 10.0. The first-order valence-electron chi connectivity index (χ1n) is 7.80. The molecule has 4 heteroatoms. The average molecular weight is 266 g/mol. The molecule has 4 nitrogen and oxygen atoms in total. The molecule has 1 N–H and O–H groups in total. The number of likely N-dealkylation sites (tertiary alicyclic amines) is 1. The number of carbonyl (C=O) groups excluding carboxylic acids is 2. The number of hydrogen-bond acceptors (Lipinski definition) is 2. The van der Waals surface area contributed by atoms with Crippen LogP contribution in [0.15, 0.2) is 0 Å². The topological polar surface area (TPSA) is 49.4 Å². The Morgan fingerprint density at radius 1 is 0.947 bits per heavy atom. The second-order valence-corrected chi connectivity index (χ2v) is 6.01. The number of carbonyl (C=O) groups is 2. The second-order valence-electron chi connectivity index (χ2n) is 6.01. The van der Waals surface area contributed by atoms with Crippen molar-refractivity contribution in [3.63, 3.8) is 0 Å². The van der Waals surface area contributed by atoms with Gasteiger partial charge in [0.05, 0.1) is 0 Å². The summed E-state index contributed by atoms with van der Waals surface area (Å²) in [6.07, 6.45) is 10.1. The van der Waals surface area contributed by atoms with Crippen molar-refractivity contribution < 1.29 is 9.59 Å². The maximum atomic E-state index is 12.2. The molecule has 19 heavy (non-hydrogen) atoms. The van der Waals surface area contributed by atoms with Gasteiger partial charge in [0.2, 0.25) is 0 Å². The SMILES string of the molecule is CC1CCCCN1C(=O)C(=O)NC1CCCCCC1. The van der Waals surface area contributed by atoms with Gasteiger partial charge in [-0.25, -0.2) is 0 Å². The smallest absolute Gasteiger partial charge is 0.312 e. The van der Waals surface area contributed by atoms with Crippen molar-refractivity contribution in [2.45, 2.75) is 76.8 Å². The molecule has 0 radical (unpaired) electrons.